The Morgan fingerprint density at radius 2 is 2.11 bits per heavy atom. The number of H-pyrrole nitrogens is 1. The van der Waals surface area contributed by atoms with Crippen molar-refractivity contribution in [2.45, 2.75) is 24.0 Å². The summed E-state index contributed by atoms with van der Waals surface area (Å²) < 4.78 is 24.4. The topological polar surface area (TPSA) is 74.8 Å². The largest absolute Gasteiger partial charge is 0.329 e. The number of imidazole rings is 1. The van der Waals surface area contributed by atoms with E-state index in [1.165, 1.54) is 0 Å². The summed E-state index contributed by atoms with van der Waals surface area (Å²) in [5.41, 5.74) is 1.45. The molecule has 7 heteroatoms. The van der Waals surface area contributed by atoms with Gasteiger partial charge in [-0.3, -0.25) is 0 Å². The lowest BCUT2D eigenvalue weighted by Gasteiger charge is -2.08. The number of nitrogens with zero attached hydrogens (tertiary/aromatic N) is 1. The number of benzene rings is 1. The quantitative estimate of drug-likeness (QED) is 0.901. The first-order valence-electron chi connectivity index (χ1n) is 6.06. The van der Waals surface area contributed by atoms with Gasteiger partial charge < -0.3 is 10.3 Å². The average Bonchev–Trinajstić information content (AvgIpc) is 2.96. The maximum Gasteiger partial charge on any atom is 0.226 e. The van der Waals surface area contributed by atoms with Crippen LogP contribution in [0.3, 0.4) is 0 Å². The molecule has 1 aliphatic heterocycles. The summed E-state index contributed by atoms with van der Waals surface area (Å²) in [7, 11) is -3.33. The van der Waals surface area contributed by atoms with Crippen LogP contribution in [0.1, 0.15) is 12.8 Å². The number of rotatable bonds is 3. The van der Waals surface area contributed by atoms with Crippen LogP contribution in [-0.2, 0) is 9.84 Å². The molecule has 0 radical (unpaired) electrons. The van der Waals surface area contributed by atoms with E-state index in [0.717, 1.165) is 24.9 Å². The molecule has 0 bridgehead atoms. The van der Waals surface area contributed by atoms with Gasteiger partial charge >= 0.3 is 0 Å². The predicted octanol–water partition coefficient (Wildman–Crippen LogP) is 1.51. The van der Waals surface area contributed by atoms with Gasteiger partial charge in [-0.05, 0) is 31.5 Å². The van der Waals surface area contributed by atoms with Crippen LogP contribution in [0.2, 0.25) is 0 Å². The third-order valence-electron chi connectivity index (χ3n) is 3.25. The maximum atomic E-state index is 12.2. The SMILES string of the molecule is Cl.O=S(=O)(CC1CCCN1)c1nc2ccccc2[nH]1. The molecule has 1 unspecified atom stereocenters. The number of hydrogen-bond acceptors (Lipinski definition) is 4. The molecule has 0 spiro atoms. The summed E-state index contributed by atoms with van der Waals surface area (Å²) in [6.45, 7) is 0.903. The van der Waals surface area contributed by atoms with Crippen molar-refractivity contribution in [2.75, 3.05) is 12.3 Å². The van der Waals surface area contributed by atoms with Crippen LogP contribution < -0.4 is 5.32 Å². The second kappa shape index (κ2) is 5.48. The van der Waals surface area contributed by atoms with Gasteiger partial charge in [-0.15, -0.1) is 12.4 Å². The molecule has 104 valence electrons. The van der Waals surface area contributed by atoms with Crippen LogP contribution in [0.25, 0.3) is 11.0 Å². The van der Waals surface area contributed by atoms with E-state index >= 15 is 0 Å². The number of aromatic amines is 1. The smallest absolute Gasteiger partial charge is 0.226 e. The van der Waals surface area contributed by atoms with Gasteiger partial charge in [0.25, 0.3) is 0 Å². The first-order chi connectivity index (χ1) is 8.65. The minimum atomic E-state index is -3.33. The average molecular weight is 302 g/mol. The van der Waals surface area contributed by atoms with E-state index in [1.807, 2.05) is 18.2 Å². The minimum absolute atomic E-state index is 0. The normalized spacial score (nSPS) is 19.5. The van der Waals surface area contributed by atoms with E-state index in [1.54, 1.807) is 6.07 Å². The fraction of sp³-hybridized carbons (Fsp3) is 0.417. The summed E-state index contributed by atoms with van der Waals surface area (Å²) >= 11 is 0. The Morgan fingerprint density at radius 3 is 2.79 bits per heavy atom. The van der Waals surface area contributed by atoms with Crippen LogP contribution in [0.15, 0.2) is 29.4 Å². The molecule has 19 heavy (non-hydrogen) atoms. The zero-order valence-electron chi connectivity index (χ0n) is 10.3. The number of fused-ring (bicyclic) bond motifs is 1. The highest BCUT2D eigenvalue weighted by atomic mass is 35.5. The lowest BCUT2D eigenvalue weighted by molar-refractivity contribution is 0.571. The molecule has 1 atom stereocenters. The summed E-state index contributed by atoms with van der Waals surface area (Å²) in [6, 6.07) is 7.39. The Labute approximate surface area is 118 Å². The first-order valence-corrected chi connectivity index (χ1v) is 7.71. The van der Waals surface area contributed by atoms with Crippen LogP contribution in [0.4, 0.5) is 0 Å². The molecule has 1 aromatic heterocycles. The molecule has 5 nitrogen and oxygen atoms in total. The molecule has 1 aliphatic rings. The number of nitrogens with one attached hydrogen (secondary N) is 2. The lowest BCUT2D eigenvalue weighted by atomic mass is 10.3. The Balaban J connectivity index is 0.00000133. The standard InChI is InChI=1S/C12H15N3O2S.ClH/c16-18(17,8-9-4-3-7-13-9)12-14-10-5-1-2-6-11(10)15-12;/h1-2,5-6,9,13H,3-4,7-8H2,(H,14,15);1H. The number of para-hydroxylation sites is 2. The van der Waals surface area contributed by atoms with Crippen molar-refractivity contribution in [1.82, 2.24) is 15.3 Å². The number of hydrogen-bond donors (Lipinski definition) is 2. The Morgan fingerprint density at radius 1 is 1.32 bits per heavy atom. The van der Waals surface area contributed by atoms with Crippen LogP contribution in [0, 0.1) is 0 Å². The Bertz CT molecular complexity index is 629. The fourth-order valence-corrected chi connectivity index (χ4v) is 3.79. The highest BCUT2D eigenvalue weighted by molar-refractivity contribution is 7.91. The van der Waals surface area contributed by atoms with Gasteiger partial charge in [-0.25, -0.2) is 13.4 Å². The van der Waals surface area contributed by atoms with Crippen molar-refractivity contribution in [2.24, 2.45) is 0 Å². The molecule has 1 saturated heterocycles. The van der Waals surface area contributed by atoms with Gasteiger partial charge in [0, 0.05) is 6.04 Å². The van der Waals surface area contributed by atoms with Crippen molar-refractivity contribution in [3.05, 3.63) is 24.3 Å². The minimum Gasteiger partial charge on any atom is -0.329 e. The van der Waals surface area contributed by atoms with Gasteiger partial charge in [-0.2, -0.15) is 0 Å². The Kier molecular flexibility index (Phi) is 4.13. The van der Waals surface area contributed by atoms with Gasteiger partial charge in [0.05, 0.1) is 16.8 Å². The third kappa shape index (κ3) is 2.91. The molecule has 2 heterocycles. The molecule has 0 amide bonds. The monoisotopic (exact) mass is 301 g/mol. The summed E-state index contributed by atoms with van der Waals surface area (Å²) in [6.07, 6.45) is 1.96. The second-order valence-corrected chi connectivity index (χ2v) is 6.58. The third-order valence-corrected chi connectivity index (χ3v) is 4.87. The van der Waals surface area contributed by atoms with Gasteiger partial charge in [0.2, 0.25) is 15.0 Å². The lowest BCUT2D eigenvalue weighted by Crippen LogP contribution is -2.30. The summed E-state index contributed by atoms with van der Waals surface area (Å²) in [5.74, 6) is 0.118. The van der Waals surface area contributed by atoms with Crippen molar-refractivity contribution >= 4 is 33.3 Å². The summed E-state index contributed by atoms with van der Waals surface area (Å²) in [4.78, 5) is 7.04. The molecule has 0 saturated carbocycles. The molecular formula is C12H16ClN3O2S. The molecule has 1 aromatic carbocycles. The zero-order chi connectivity index (χ0) is 12.6. The van der Waals surface area contributed by atoms with E-state index in [9.17, 15) is 8.42 Å². The molecule has 2 aromatic rings. The van der Waals surface area contributed by atoms with E-state index in [4.69, 9.17) is 0 Å². The van der Waals surface area contributed by atoms with Crippen LogP contribution >= 0.6 is 12.4 Å². The van der Waals surface area contributed by atoms with E-state index < -0.39 is 9.84 Å². The van der Waals surface area contributed by atoms with E-state index in [0.29, 0.717) is 5.52 Å². The van der Waals surface area contributed by atoms with E-state index in [2.05, 4.69) is 15.3 Å². The first kappa shape index (κ1) is 14.3. The highest BCUT2D eigenvalue weighted by Crippen LogP contribution is 2.17. The van der Waals surface area contributed by atoms with Crippen LogP contribution in [0.5, 0.6) is 0 Å². The number of halogens is 1. The predicted molar refractivity (Wildman–Crippen MR) is 76.4 cm³/mol. The molecule has 3 rings (SSSR count). The maximum absolute atomic E-state index is 12.2. The molecule has 2 N–H and O–H groups in total. The van der Waals surface area contributed by atoms with Gasteiger partial charge in [0.15, 0.2) is 0 Å². The van der Waals surface area contributed by atoms with Gasteiger partial charge in [-0.1, -0.05) is 12.1 Å². The van der Waals surface area contributed by atoms with Crippen molar-refractivity contribution < 1.29 is 8.42 Å². The van der Waals surface area contributed by atoms with Crippen LogP contribution in [-0.4, -0.2) is 36.7 Å². The van der Waals surface area contributed by atoms with Crippen molar-refractivity contribution in [3.63, 3.8) is 0 Å². The highest BCUT2D eigenvalue weighted by Gasteiger charge is 2.26. The second-order valence-electron chi connectivity index (χ2n) is 4.63. The molecule has 1 fully saturated rings. The summed E-state index contributed by atoms with van der Waals surface area (Å²) in [5, 5.41) is 3.28. The number of sulfone groups is 1. The van der Waals surface area contributed by atoms with Crippen molar-refractivity contribution in [1.29, 1.82) is 0 Å². The zero-order valence-corrected chi connectivity index (χ0v) is 11.9. The Hall–Kier alpha value is -1.11. The molecular weight excluding hydrogens is 286 g/mol. The number of aromatic nitrogens is 2. The van der Waals surface area contributed by atoms with Gasteiger partial charge in [0.1, 0.15) is 0 Å². The van der Waals surface area contributed by atoms with E-state index in [-0.39, 0.29) is 29.4 Å². The van der Waals surface area contributed by atoms with Crippen molar-refractivity contribution in [3.8, 4) is 0 Å². The fourth-order valence-electron chi connectivity index (χ4n) is 2.32. The molecule has 0 aliphatic carbocycles.